The summed E-state index contributed by atoms with van der Waals surface area (Å²) in [5, 5.41) is 0. The van der Waals surface area contributed by atoms with Gasteiger partial charge in [0.2, 0.25) is 0 Å². The number of rotatable bonds is 15. The Morgan fingerprint density at radius 3 is 1.69 bits per heavy atom. The van der Waals surface area contributed by atoms with Gasteiger partial charge in [0.15, 0.2) is 0 Å². The van der Waals surface area contributed by atoms with Crippen molar-refractivity contribution < 1.29 is 9.47 Å². The van der Waals surface area contributed by atoms with Gasteiger partial charge in [-0.1, -0.05) is 51.9 Å². The third-order valence-corrected chi connectivity index (χ3v) is 6.21. The first kappa shape index (κ1) is 22.0. The van der Waals surface area contributed by atoms with E-state index in [1.165, 1.54) is 4.57 Å². The van der Waals surface area contributed by atoms with E-state index in [-0.39, 0.29) is 0 Å². The minimum Gasteiger partial charge on any atom is -0.373 e. The van der Waals surface area contributed by atoms with E-state index in [2.05, 4.69) is 16.9 Å². The molecule has 1 aromatic rings. The highest BCUT2D eigenvalue weighted by molar-refractivity contribution is 4.90. The quantitative estimate of drug-likeness (QED) is 0.341. The van der Waals surface area contributed by atoms with Crippen LogP contribution in [0.1, 0.15) is 84.0 Å². The molecule has 0 saturated carbocycles. The first-order chi connectivity index (χ1) is 14.0. The standard InChI is InChI=1S/C21H35N3O5/c1-2-3-6-11-21(12-7-4-9-16-14-28-16,13-8-5-10-17-15-29-17)24-19(26)22-18(25)23-20(24)27/h16-17H,2-15H2,1H3,(H2,22,23,25,26,27). The number of hydrogen-bond acceptors (Lipinski definition) is 5. The molecule has 2 aliphatic heterocycles. The van der Waals surface area contributed by atoms with Gasteiger partial charge in [0.25, 0.3) is 0 Å². The number of ether oxygens (including phenoxy) is 2. The molecule has 8 heteroatoms. The van der Waals surface area contributed by atoms with Crippen molar-refractivity contribution in [1.29, 1.82) is 0 Å². The zero-order valence-corrected chi connectivity index (χ0v) is 17.5. The number of hydrogen-bond donors (Lipinski definition) is 2. The number of unbranched alkanes of at least 4 members (excludes halogenated alkanes) is 4. The summed E-state index contributed by atoms with van der Waals surface area (Å²) in [5.74, 6) is 0. The molecule has 0 aromatic carbocycles. The van der Waals surface area contributed by atoms with Gasteiger partial charge in [-0.2, -0.15) is 0 Å². The summed E-state index contributed by atoms with van der Waals surface area (Å²) < 4.78 is 11.9. The Hall–Kier alpha value is -1.67. The highest BCUT2D eigenvalue weighted by Gasteiger charge is 2.35. The van der Waals surface area contributed by atoms with Gasteiger partial charge in [-0.15, -0.1) is 0 Å². The highest BCUT2D eigenvalue weighted by atomic mass is 16.6. The Morgan fingerprint density at radius 2 is 1.28 bits per heavy atom. The molecule has 3 heterocycles. The lowest BCUT2D eigenvalue weighted by atomic mass is 9.81. The maximum atomic E-state index is 12.7. The lowest BCUT2D eigenvalue weighted by molar-refractivity contribution is 0.180. The van der Waals surface area contributed by atoms with Crippen molar-refractivity contribution in [1.82, 2.24) is 14.5 Å². The van der Waals surface area contributed by atoms with Gasteiger partial charge in [-0.05, 0) is 32.1 Å². The average Bonchev–Trinajstić information content (AvgIpc) is 3.57. The summed E-state index contributed by atoms with van der Waals surface area (Å²) in [6.45, 7) is 3.85. The minimum absolute atomic E-state index is 0.391. The van der Waals surface area contributed by atoms with Crippen molar-refractivity contribution in [2.45, 2.75) is 102 Å². The van der Waals surface area contributed by atoms with Gasteiger partial charge < -0.3 is 9.47 Å². The molecule has 2 atom stereocenters. The van der Waals surface area contributed by atoms with Crippen LogP contribution in [0.3, 0.4) is 0 Å². The zero-order valence-electron chi connectivity index (χ0n) is 17.5. The molecule has 0 aliphatic carbocycles. The van der Waals surface area contributed by atoms with E-state index in [1.54, 1.807) is 0 Å². The maximum absolute atomic E-state index is 12.7. The molecule has 2 unspecified atom stereocenters. The summed E-state index contributed by atoms with van der Waals surface area (Å²) in [7, 11) is 0. The second kappa shape index (κ2) is 10.4. The van der Waals surface area contributed by atoms with Crippen LogP contribution in [0, 0.1) is 0 Å². The number of H-pyrrole nitrogens is 2. The van der Waals surface area contributed by atoms with E-state index in [4.69, 9.17) is 9.47 Å². The van der Waals surface area contributed by atoms with Gasteiger partial charge >= 0.3 is 17.1 Å². The molecule has 2 saturated heterocycles. The van der Waals surface area contributed by atoms with Crippen LogP contribution in [-0.2, 0) is 15.0 Å². The molecule has 29 heavy (non-hydrogen) atoms. The van der Waals surface area contributed by atoms with Crippen LogP contribution in [0.2, 0.25) is 0 Å². The SMILES string of the molecule is CCCCCC(CCCCC1CO1)(CCCCC1CO1)n1c(=O)[nH]c(=O)[nH]c1=O. The number of nitrogens with one attached hydrogen (secondary N) is 2. The Bertz CT molecular complexity index is 749. The first-order valence-electron chi connectivity index (χ1n) is 11.2. The third-order valence-electron chi connectivity index (χ3n) is 6.21. The summed E-state index contributed by atoms with van der Waals surface area (Å²) in [6.07, 6.45) is 12.1. The van der Waals surface area contributed by atoms with Crippen LogP contribution in [0.25, 0.3) is 0 Å². The van der Waals surface area contributed by atoms with Crippen molar-refractivity contribution in [3.8, 4) is 0 Å². The molecule has 1 aromatic heterocycles. The Labute approximate surface area is 171 Å². The van der Waals surface area contributed by atoms with Gasteiger partial charge in [-0.3, -0.25) is 9.97 Å². The van der Waals surface area contributed by atoms with Gasteiger partial charge in [-0.25, -0.2) is 19.0 Å². The molecule has 0 bridgehead atoms. The highest BCUT2D eigenvalue weighted by Crippen LogP contribution is 2.35. The van der Waals surface area contributed by atoms with Crippen LogP contribution >= 0.6 is 0 Å². The van der Waals surface area contributed by atoms with E-state index in [0.29, 0.717) is 12.2 Å². The molecule has 8 nitrogen and oxygen atoms in total. The molecule has 3 rings (SSSR count). The van der Waals surface area contributed by atoms with E-state index in [0.717, 1.165) is 90.3 Å². The smallest absolute Gasteiger partial charge is 0.334 e. The predicted molar refractivity (Wildman–Crippen MR) is 110 cm³/mol. The van der Waals surface area contributed by atoms with E-state index in [9.17, 15) is 14.4 Å². The number of epoxide rings is 2. The Morgan fingerprint density at radius 1 is 0.828 bits per heavy atom. The summed E-state index contributed by atoms with van der Waals surface area (Å²) in [4.78, 5) is 41.5. The van der Waals surface area contributed by atoms with Crippen molar-refractivity contribution >= 4 is 0 Å². The van der Waals surface area contributed by atoms with Crippen LogP contribution in [0.15, 0.2) is 14.4 Å². The van der Waals surface area contributed by atoms with Crippen molar-refractivity contribution in [3.63, 3.8) is 0 Å². The fraction of sp³-hybridized carbons (Fsp3) is 0.857. The fourth-order valence-electron chi connectivity index (χ4n) is 4.40. The van der Waals surface area contributed by atoms with Crippen LogP contribution < -0.4 is 17.1 Å². The predicted octanol–water partition coefficient (Wildman–Crippen LogP) is 2.42. The van der Waals surface area contributed by atoms with Gasteiger partial charge in [0, 0.05) is 0 Å². The van der Waals surface area contributed by atoms with Gasteiger partial charge in [0.05, 0.1) is 31.0 Å². The summed E-state index contributed by atoms with van der Waals surface area (Å²) >= 11 is 0. The summed E-state index contributed by atoms with van der Waals surface area (Å²) in [6, 6.07) is 0. The average molecular weight is 410 g/mol. The van der Waals surface area contributed by atoms with Gasteiger partial charge in [0.1, 0.15) is 0 Å². The molecule has 0 amide bonds. The minimum atomic E-state index is -0.740. The molecule has 0 radical (unpaired) electrons. The van der Waals surface area contributed by atoms with E-state index >= 15 is 0 Å². The molecule has 0 spiro atoms. The fourth-order valence-corrected chi connectivity index (χ4v) is 4.40. The molecule has 2 aliphatic rings. The Kier molecular flexibility index (Phi) is 7.89. The normalized spacial score (nSPS) is 22.4. The zero-order chi connectivity index (χ0) is 20.7. The molecular weight excluding hydrogens is 374 g/mol. The topological polar surface area (TPSA) is 113 Å². The third kappa shape index (κ3) is 6.67. The monoisotopic (exact) mass is 409 g/mol. The molecule has 164 valence electrons. The van der Waals surface area contributed by atoms with Crippen molar-refractivity contribution in [2.75, 3.05) is 13.2 Å². The number of nitrogens with zero attached hydrogens (tertiary/aromatic N) is 1. The Balaban J connectivity index is 1.79. The van der Waals surface area contributed by atoms with E-state index in [1.807, 2.05) is 0 Å². The number of aromatic nitrogens is 3. The van der Waals surface area contributed by atoms with Crippen LogP contribution in [0.4, 0.5) is 0 Å². The molecule has 2 N–H and O–H groups in total. The summed E-state index contributed by atoms with van der Waals surface area (Å²) in [5.41, 5.74) is -2.48. The maximum Gasteiger partial charge on any atom is 0.334 e. The van der Waals surface area contributed by atoms with Crippen molar-refractivity contribution in [2.24, 2.45) is 0 Å². The second-order valence-corrected chi connectivity index (χ2v) is 8.61. The largest absolute Gasteiger partial charge is 0.373 e. The number of aromatic amines is 2. The second-order valence-electron chi connectivity index (χ2n) is 8.61. The lowest BCUT2D eigenvalue weighted by Gasteiger charge is -2.35. The first-order valence-corrected chi connectivity index (χ1v) is 11.2. The molecular formula is C21H35N3O5. The van der Waals surface area contributed by atoms with Crippen LogP contribution in [0.5, 0.6) is 0 Å². The van der Waals surface area contributed by atoms with E-state index < -0.39 is 22.6 Å². The van der Waals surface area contributed by atoms with Crippen molar-refractivity contribution in [3.05, 3.63) is 31.5 Å². The molecule has 2 fully saturated rings. The lowest BCUT2D eigenvalue weighted by Crippen LogP contribution is -2.53. The van der Waals surface area contributed by atoms with Crippen LogP contribution in [-0.4, -0.2) is 40.0 Å².